The topological polar surface area (TPSA) is 51.7 Å². The van der Waals surface area contributed by atoms with Crippen molar-refractivity contribution in [1.82, 2.24) is 9.88 Å². The molecule has 1 amide bonds. The highest BCUT2D eigenvalue weighted by molar-refractivity contribution is 5.79. The quantitative estimate of drug-likeness (QED) is 0.839. The molecule has 2 aliphatic heterocycles. The Morgan fingerprint density at radius 1 is 1.30 bits per heavy atom. The number of carbonyl (C=O) groups excluding carboxylic acids is 1. The monoisotopic (exact) mass is 276 g/mol. The van der Waals surface area contributed by atoms with Gasteiger partial charge in [0, 0.05) is 44.4 Å². The molecule has 0 bridgehead atoms. The third kappa shape index (κ3) is 3.10. The summed E-state index contributed by atoms with van der Waals surface area (Å²) in [6.45, 7) is 2.87. The average Bonchev–Trinajstić information content (AvgIpc) is 2.97. The Morgan fingerprint density at radius 2 is 2.15 bits per heavy atom. The lowest BCUT2D eigenvalue weighted by molar-refractivity contribution is -0.137. The Hall–Kier alpha value is -1.62. The van der Waals surface area contributed by atoms with Crippen molar-refractivity contribution in [2.24, 2.45) is 5.92 Å². The van der Waals surface area contributed by atoms with Crippen LogP contribution in [0.2, 0.25) is 0 Å². The molecule has 20 heavy (non-hydrogen) atoms. The number of amides is 1. The summed E-state index contributed by atoms with van der Waals surface area (Å²) in [6, 6.07) is 5.62. The van der Waals surface area contributed by atoms with Gasteiger partial charge in [-0.15, -0.1) is 0 Å². The van der Waals surface area contributed by atoms with E-state index in [1.54, 1.807) is 6.20 Å². The molecule has 1 aromatic rings. The van der Waals surface area contributed by atoms with Crippen molar-refractivity contribution < 1.29 is 14.3 Å². The number of likely N-dealkylation sites (tertiary alicyclic amines) is 1. The molecular formula is C15H20N2O3. The lowest BCUT2D eigenvalue weighted by atomic mass is 9.99. The van der Waals surface area contributed by atoms with E-state index in [4.69, 9.17) is 9.47 Å². The standard InChI is InChI=1S/C15H20N2O3/c18-15(12-5-9-19-10-6-12)17-8-4-13(11-17)20-14-3-1-2-7-16-14/h1-3,7,12-13H,4-6,8-11H2. The van der Waals surface area contributed by atoms with Gasteiger partial charge in [-0.25, -0.2) is 4.98 Å². The van der Waals surface area contributed by atoms with E-state index >= 15 is 0 Å². The van der Waals surface area contributed by atoms with Crippen LogP contribution in [-0.4, -0.2) is 48.2 Å². The maximum atomic E-state index is 12.4. The number of carbonyl (C=O) groups is 1. The second-order valence-electron chi connectivity index (χ2n) is 5.37. The van der Waals surface area contributed by atoms with Crippen LogP contribution in [-0.2, 0) is 9.53 Å². The van der Waals surface area contributed by atoms with Gasteiger partial charge in [0.1, 0.15) is 6.10 Å². The molecule has 1 atom stereocenters. The SMILES string of the molecule is O=C(C1CCOCC1)N1CCC(Oc2ccccn2)C1. The zero-order chi connectivity index (χ0) is 13.8. The zero-order valence-electron chi connectivity index (χ0n) is 11.5. The molecule has 3 rings (SSSR count). The fraction of sp³-hybridized carbons (Fsp3) is 0.600. The first-order valence-corrected chi connectivity index (χ1v) is 7.27. The van der Waals surface area contributed by atoms with Crippen molar-refractivity contribution in [2.45, 2.75) is 25.4 Å². The predicted molar refractivity (Wildman–Crippen MR) is 73.4 cm³/mol. The molecule has 0 aliphatic carbocycles. The molecule has 5 heteroatoms. The zero-order valence-corrected chi connectivity index (χ0v) is 11.5. The summed E-state index contributed by atoms with van der Waals surface area (Å²) >= 11 is 0. The van der Waals surface area contributed by atoms with E-state index in [1.165, 1.54) is 0 Å². The van der Waals surface area contributed by atoms with Crippen molar-refractivity contribution in [2.75, 3.05) is 26.3 Å². The number of nitrogens with zero attached hydrogens (tertiary/aromatic N) is 2. The second kappa shape index (κ2) is 6.22. The van der Waals surface area contributed by atoms with Gasteiger partial charge in [0.15, 0.2) is 0 Å². The van der Waals surface area contributed by atoms with Crippen molar-refractivity contribution in [3.63, 3.8) is 0 Å². The minimum Gasteiger partial charge on any atom is -0.472 e. The largest absolute Gasteiger partial charge is 0.472 e. The van der Waals surface area contributed by atoms with Gasteiger partial charge < -0.3 is 14.4 Å². The molecule has 5 nitrogen and oxygen atoms in total. The van der Waals surface area contributed by atoms with Crippen molar-refractivity contribution >= 4 is 5.91 Å². The van der Waals surface area contributed by atoms with E-state index in [1.807, 2.05) is 23.1 Å². The number of hydrogen-bond acceptors (Lipinski definition) is 4. The molecule has 108 valence electrons. The average molecular weight is 276 g/mol. The van der Waals surface area contributed by atoms with Gasteiger partial charge in [0.05, 0.1) is 6.54 Å². The van der Waals surface area contributed by atoms with Gasteiger partial charge in [-0.3, -0.25) is 4.79 Å². The normalized spacial score (nSPS) is 23.8. The van der Waals surface area contributed by atoms with Crippen LogP contribution in [0, 0.1) is 5.92 Å². The molecule has 2 saturated heterocycles. The lowest BCUT2D eigenvalue weighted by Gasteiger charge is -2.26. The van der Waals surface area contributed by atoms with Crippen LogP contribution in [0.1, 0.15) is 19.3 Å². The van der Waals surface area contributed by atoms with Gasteiger partial charge in [-0.05, 0) is 18.9 Å². The molecule has 1 aromatic heterocycles. The number of ether oxygens (including phenoxy) is 2. The Labute approximate surface area is 118 Å². The fourth-order valence-electron chi connectivity index (χ4n) is 2.81. The van der Waals surface area contributed by atoms with Gasteiger partial charge in [0.25, 0.3) is 0 Å². The van der Waals surface area contributed by atoms with Crippen LogP contribution in [0.4, 0.5) is 0 Å². The predicted octanol–water partition coefficient (Wildman–Crippen LogP) is 1.49. The summed E-state index contributed by atoms with van der Waals surface area (Å²) in [5.74, 6) is 1.04. The number of pyridine rings is 1. The summed E-state index contributed by atoms with van der Waals surface area (Å²) in [5, 5.41) is 0. The fourth-order valence-corrected chi connectivity index (χ4v) is 2.81. The van der Waals surface area contributed by atoms with E-state index in [0.29, 0.717) is 25.6 Å². The van der Waals surface area contributed by atoms with E-state index in [0.717, 1.165) is 25.8 Å². The Morgan fingerprint density at radius 3 is 2.90 bits per heavy atom. The number of aromatic nitrogens is 1. The number of rotatable bonds is 3. The summed E-state index contributed by atoms with van der Waals surface area (Å²) < 4.78 is 11.1. The van der Waals surface area contributed by atoms with Crippen molar-refractivity contribution in [3.8, 4) is 5.88 Å². The summed E-state index contributed by atoms with van der Waals surface area (Å²) in [4.78, 5) is 18.5. The Bertz CT molecular complexity index is 446. The molecule has 2 aliphatic rings. The molecule has 0 N–H and O–H groups in total. The third-order valence-corrected chi connectivity index (χ3v) is 3.95. The summed E-state index contributed by atoms with van der Waals surface area (Å²) in [5.41, 5.74) is 0. The van der Waals surface area contributed by atoms with Crippen LogP contribution in [0.3, 0.4) is 0 Å². The van der Waals surface area contributed by atoms with E-state index in [2.05, 4.69) is 4.98 Å². The van der Waals surface area contributed by atoms with Gasteiger partial charge in [-0.2, -0.15) is 0 Å². The van der Waals surface area contributed by atoms with Crippen LogP contribution in [0.5, 0.6) is 5.88 Å². The van der Waals surface area contributed by atoms with Crippen molar-refractivity contribution in [1.29, 1.82) is 0 Å². The van der Waals surface area contributed by atoms with Crippen LogP contribution in [0.15, 0.2) is 24.4 Å². The highest BCUT2D eigenvalue weighted by atomic mass is 16.5. The first-order chi connectivity index (χ1) is 9.83. The van der Waals surface area contributed by atoms with Gasteiger partial charge >= 0.3 is 0 Å². The second-order valence-corrected chi connectivity index (χ2v) is 5.37. The summed E-state index contributed by atoms with van der Waals surface area (Å²) in [7, 11) is 0. The van der Waals surface area contributed by atoms with Crippen LogP contribution >= 0.6 is 0 Å². The summed E-state index contributed by atoms with van der Waals surface area (Å²) in [6.07, 6.45) is 4.36. The minimum atomic E-state index is 0.0636. The third-order valence-electron chi connectivity index (χ3n) is 3.95. The molecule has 0 radical (unpaired) electrons. The first kappa shape index (κ1) is 13.4. The minimum absolute atomic E-state index is 0.0636. The first-order valence-electron chi connectivity index (χ1n) is 7.27. The Balaban J connectivity index is 1.52. The van der Waals surface area contributed by atoms with E-state index in [9.17, 15) is 4.79 Å². The molecule has 0 aromatic carbocycles. The molecule has 3 heterocycles. The maximum absolute atomic E-state index is 12.4. The number of hydrogen-bond donors (Lipinski definition) is 0. The maximum Gasteiger partial charge on any atom is 0.225 e. The molecular weight excluding hydrogens is 256 g/mol. The molecule has 0 spiro atoms. The van der Waals surface area contributed by atoms with Crippen LogP contribution in [0.25, 0.3) is 0 Å². The smallest absolute Gasteiger partial charge is 0.225 e. The molecule has 0 saturated carbocycles. The molecule has 2 fully saturated rings. The van der Waals surface area contributed by atoms with Crippen LogP contribution < -0.4 is 4.74 Å². The van der Waals surface area contributed by atoms with E-state index < -0.39 is 0 Å². The molecule has 1 unspecified atom stereocenters. The van der Waals surface area contributed by atoms with Gasteiger partial charge in [-0.1, -0.05) is 6.07 Å². The lowest BCUT2D eigenvalue weighted by Crippen LogP contribution is -2.38. The highest BCUT2D eigenvalue weighted by Crippen LogP contribution is 2.22. The highest BCUT2D eigenvalue weighted by Gasteiger charge is 2.32. The Kier molecular flexibility index (Phi) is 4.16. The van der Waals surface area contributed by atoms with Gasteiger partial charge in [0.2, 0.25) is 11.8 Å². The van der Waals surface area contributed by atoms with Crippen molar-refractivity contribution in [3.05, 3.63) is 24.4 Å². The van der Waals surface area contributed by atoms with E-state index in [-0.39, 0.29) is 17.9 Å².